The lowest BCUT2D eigenvalue weighted by Gasteiger charge is -2.37. The number of halogens is 4. The van der Waals surface area contributed by atoms with E-state index in [9.17, 15) is 18.0 Å². The van der Waals surface area contributed by atoms with Crippen molar-refractivity contribution in [2.75, 3.05) is 19.6 Å². The molecule has 0 radical (unpaired) electrons. The molecule has 1 amide bonds. The number of carbonyl (C=O) groups excluding carboxylic acids is 1. The average molecular weight is 429 g/mol. The highest BCUT2D eigenvalue weighted by atomic mass is 35.5. The van der Waals surface area contributed by atoms with Crippen molar-refractivity contribution in [2.24, 2.45) is 0 Å². The molecule has 2 aromatic rings. The van der Waals surface area contributed by atoms with E-state index in [0.29, 0.717) is 38.0 Å². The second-order valence-electron chi connectivity index (χ2n) is 7.77. The molecular weight excluding hydrogens is 405 g/mol. The van der Waals surface area contributed by atoms with Crippen molar-refractivity contribution in [2.45, 2.75) is 42.8 Å². The summed E-state index contributed by atoms with van der Waals surface area (Å²) in [5, 5.41) is 10.6. The van der Waals surface area contributed by atoms with Crippen LogP contribution in [0.1, 0.15) is 36.8 Å². The number of carbonyl (C=O) groups is 1. The molecule has 1 aliphatic carbocycles. The molecule has 29 heavy (non-hydrogen) atoms. The number of hydrogen-bond acceptors (Lipinski definition) is 3. The summed E-state index contributed by atoms with van der Waals surface area (Å²) in [5.74, 6) is -0.115. The van der Waals surface area contributed by atoms with E-state index in [4.69, 9.17) is 0 Å². The van der Waals surface area contributed by atoms with Crippen LogP contribution in [-0.4, -0.2) is 35.3 Å². The topological polar surface area (TPSA) is 59.0 Å². The predicted molar refractivity (Wildman–Crippen MR) is 105 cm³/mol. The molecule has 2 N–H and O–H groups in total. The van der Waals surface area contributed by atoms with Gasteiger partial charge >= 0.3 is 6.18 Å². The summed E-state index contributed by atoms with van der Waals surface area (Å²) in [6, 6.07) is 7.26. The number of alkyl halides is 3. The van der Waals surface area contributed by atoms with Gasteiger partial charge in [-0.2, -0.15) is 18.3 Å². The summed E-state index contributed by atoms with van der Waals surface area (Å²) in [6.07, 6.45) is 1.87. The number of benzene rings is 1. The summed E-state index contributed by atoms with van der Waals surface area (Å²) < 4.78 is 40.9. The van der Waals surface area contributed by atoms with Crippen LogP contribution >= 0.6 is 12.4 Å². The Kier molecular flexibility index (Phi) is 5.96. The van der Waals surface area contributed by atoms with Crippen LogP contribution in [0.4, 0.5) is 13.2 Å². The van der Waals surface area contributed by atoms with E-state index in [1.54, 1.807) is 29.2 Å². The molecule has 2 heterocycles. The minimum Gasteiger partial charge on any atom is -0.353 e. The van der Waals surface area contributed by atoms with Crippen LogP contribution in [0.25, 0.3) is 0 Å². The summed E-state index contributed by atoms with van der Waals surface area (Å²) in [6.45, 7) is 1.77. The van der Waals surface area contributed by atoms with Crippen molar-refractivity contribution in [3.05, 3.63) is 53.9 Å². The van der Waals surface area contributed by atoms with E-state index in [1.807, 2.05) is 0 Å². The maximum Gasteiger partial charge on any atom is 0.416 e. The standard InChI is InChI=1S/C20H23F3N4O.ClH/c21-20(22,23)16-4-1-3-15(13-16)18(5-6-18)14-25-17(28)19(7-10-24-11-8-19)27-12-2-9-26-27;/h1-4,9,12-13,24H,5-8,10-11,14H2,(H,25,28);1H. The van der Waals surface area contributed by atoms with Gasteiger partial charge in [0.1, 0.15) is 5.54 Å². The predicted octanol–water partition coefficient (Wildman–Crippen LogP) is 3.25. The molecule has 1 aromatic heterocycles. The number of nitrogens with zero attached hydrogens (tertiary/aromatic N) is 2. The quantitative estimate of drug-likeness (QED) is 0.768. The molecular formula is C20H24ClF3N4O. The molecule has 4 rings (SSSR count). The van der Waals surface area contributed by atoms with Crippen LogP contribution in [0.15, 0.2) is 42.7 Å². The van der Waals surface area contributed by atoms with Crippen molar-refractivity contribution in [1.29, 1.82) is 0 Å². The van der Waals surface area contributed by atoms with Crippen molar-refractivity contribution < 1.29 is 18.0 Å². The highest BCUT2D eigenvalue weighted by molar-refractivity contribution is 5.85. The van der Waals surface area contributed by atoms with Gasteiger partial charge in [0.15, 0.2) is 0 Å². The SMILES string of the molecule is Cl.O=C(NCC1(c2cccc(C(F)(F)F)c2)CC1)C1(n2cccn2)CCNCC1. The Hall–Kier alpha value is -2.06. The summed E-state index contributed by atoms with van der Waals surface area (Å²) in [5.41, 5.74) is -1.16. The average Bonchev–Trinajstić information content (AvgIpc) is 3.28. The third kappa shape index (κ3) is 4.14. The largest absolute Gasteiger partial charge is 0.416 e. The molecule has 0 bridgehead atoms. The first kappa shape index (κ1) is 21.6. The molecule has 2 aliphatic rings. The summed E-state index contributed by atoms with van der Waals surface area (Å²) >= 11 is 0. The van der Waals surface area contributed by atoms with Crippen molar-refractivity contribution >= 4 is 18.3 Å². The maximum atomic E-state index is 13.2. The molecule has 1 aliphatic heterocycles. The van der Waals surface area contributed by atoms with Gasteiger partial charge in [-0.05, 0) is 56.5 Å². The minimum absolute atomic E-state index is 0. The number of rotatable bonds is 5. The molecule has 1 saturated heterocycles. The molecule has 0 atom stereocenters. The van der Waals surface area contributed by atoms with Crippen LogP contribution in [0.2, 0.25) is 0 Å². The molecule has 1 aromatic carbocycles. The number of nitrogens with one attached hydrogen (secondary N) is 2. The Morgan fingerprint density at radius 3 is 2.48 bits per heavy atom. The van der Waals surface area contributed by atoms with E-state index in [1.165, 1.54) is 12.1 Å². The van der Waals surface area contributed by atoms with Crippen LogP contribution in [-0.2, 0) is 21.9 Å². The van der Waals surface area contributed by atoms with Gasteiger partial charge in [-0.3, -0.25) is 9.48 Å². The van der Waals surface area contributed by atoms with Gasteiger partial charge in [0.2, 0.25) is 5.91 Å². The van der Waals surface area contributed by atoms with Crippen molar-refractivity contribution in [3.8, 4) is 0 Å². The normalized spacial score (nSPS) is 19.8. The lowest BCUT2D eigenvalue weighted by atomic mass is 9.86. The molecule has 0 spiro atoms. The van der Waals surface area contributed by atoms with E-state index in [0.717, 1.165) is 18.9 Å². The van der Waals surface area contributed by atoms with Gasteiger partial charge in [-0.25, -0.2) is 0 Å². The molecule has 2 fully saturated rings. The number of piperidine rings is 1. The van der Waals surface area contributed by atoms with Gasteiger partial charge in [-0.1, -0.05) is 18.2 Å². The first-order valence-electron chi connectivity index (χ1n) is 9.53. The first-order chi connectivity index (χ1) is 13.4. The fourth-order valence-electron chi connectivity index (χ4n) is 4.08. The van der Waals surface area contributed by atoms with E-state index >= 15 is 0 Å². The van der Waals surface area contributed by atoms with Gasteiger partial charge in [0, 0.05) is 24.4 Å². The Labute approximate surface area is 173 Å². The Morgan fingerprint density at radius 1 is 1.17 bits per heavy atom. The number of amides is 1. The van der Waals surface area contributed by atoms with Crippen LogP contribution in [0.5, 0.6) is 0 Å². The monoisotopic (exact) mass is 428 g/mol. The number of aromatic nitrogens is 2. The fraction of sp³-hybridized carbons (Fsp3) is 0.500. The molecule has 5 nitrogen and oxygen atoms in total. The zero-order chi connectivity index (χ0) is 19.8. The van der Waals surface area contributed by atoms with Gasteiger partial charge in [0.05, 0.1) is 5.56 Å². The maximum absolute atomic E-state index is 13.2. The first-order valence-corrected chi connectivity index (χ1v) is 9.53. The second-order valence-corrected chi connectivity index (χ2v) is 7.77. The van der Waals surface area contributed by atoms with E-state index < -0.39 is 22.7 Å². The van der Waals surface area contributed by atoms with Crippen LogP contribution in [0, 0.1) is 0 Å². The third-order valence-electron chi connectivity index (χ3n) is 6.04. The van der Waals surface area contributed by atoms with Gasteiger partial charge in [0.25, 0.3) is 0 Å². The molecule has 1 saturated carbocycles. The minimum atomic E-state index is -4.37. The van der Waals surface area contributed by atoms with Crippen LogP contribution in [0.3, 0.4) is 0 Å². The molecule has 158 valence electrons. The Bertz CT molecular complexity index is 844. The lowest BCUT2D eigenvalue weighted by Crippen LogP contribution is -2.55. The third-order valence-corrected chi connectivity index (χ3v) is 6.04. The van der Waals surface area contributed by atoms with Crippen molar-refractivity contribution in [3.63, 3.8) is 0 Å². The number of hydrogen-bond donors (Lipinski definition) is 2. The van der Waals surface area contributed by atoms with Crippen LogP contribution < -0.4 is 10.6 Å². The molecule has 9 heteroatoms. The Balaban J connectivity index is 0.00000240. The highest BCUT2D eigenvalue weighted by Gasteiger charge is 2.48. The highest BCUT2D eigenvalue weighted by Crippen LogP contribution is 2.48. The van der Waals surface area contributed by atoms with Gasteiger partial charge in [-0.15, -0.1) is 12.4 Å². The fourth-order valence-corrected chi connectivity index (χ4v) is 4.08. The Morgan fingerprint density at radius 2 is 1.90 bits per heavy atom. The van der Waals surface area contributed by atoms with E-state index in [-0.39, 0.29) is 18.3 Å². The summed E-state index contributed by atoms with van der Waals surface area (Å²) in [7, 11) is 0. The van der Waals surface area contributed by atoms with Gasteiger partial charge < -0.3 is 10.6 Å². The zero-order valence-corrected chi connectivity index (χ0v) is 16.7. The smallest absolute Gasteiger partial charge is 0.353 e. The van der Waals surface area contributed by atoms with Crippen molar-refractivity contribution in [1.82, 2.24) is 20.4 Å². The summed E-state index contributed by atoms with van der Waals surface area (Å²) in [4.78, 5) is 13.2. The second kappa shape index (κ2) is 7.99. The lowest BCUT2D eigenvalue weighted by molar-refractivity contribution is -0.137. The van der Waals surface area contributed by atoms with E-state index in [2.05, 4.69) is 15.7 Å². The zero-order valence-electron chi connectivity index (χ0n) is 15.8. The molecule has 0 unspecified atom stereocenters.